The standard InChI is InChI=1S/C18H20FNO2S/c1-13-5-3-4-6-16(13)17(22-2)11-20-18(21)12-23-15-9-7-14(19)8-10-15/h3-10,17H,11-12H2,1-2H3,(H,20,21). The largest absolute Gasteiger partial charge is 0.375 e. The van der Waals surface area contributed by atoms with Crippen molar-refractivity contribution in [1.29, 1.82) is 0 Å². The van der Waals surface area contributed by atoms with E-state index in [1.807, 2.05) is 31.2 Å². The fourth-order valence-electron chi connectivity index (χ4n) is 2.21. The van der Waals surface area contributed by atoms with Gasteiger partial charge >= 0.3 is 0 Å². The highest BCUT2D eigenvalue weighted by molar-refractivity contribution is 8.00. The van der Waals surface area contributed by atoms with Crippen molar-refractivity contribution in [2.24, 2.45) is 0 Å². The molecule has 2 aromatic rings. The number of carbonyl (C=O) groups is 1. The van der Waals surface area contributed by atoms with Gasteiger partial charge in [0.25, 0.3) is 0 Å². The lowest BCUT2D eigenvalue weighted by molar-refractivity contribution is -0.119. The summed E-state index contributed by atoms with van der Waals surface area (Å²) in [4.78, 5) is 12.8. The summed E-state index contributed by atoms with van der Waals surface area (Å²) in [6, 6.07) is 14.1. The Morgan fingerprint density at radius 2 is 1.91 bits per heavy atom. The van der Waals surface area contributed by atoms with Crippen LogP contribution in [0.2, 0.25) is 0 Å². The van der Waals surface area contributed by atoms with E-state index in [9.17, 15) is 9.18 Å². The van der Waals surface area contributed by atoms with Crippen LogP contribution in [0.3, 0.4) is 0 Å². The maximum atomic E-state index is 12.8. The average molecular weight is 333 g/mol. The minimum Gasteiger partial charge on any atom is -0.375 e. The summed E-state index contributed by atoms with van der Waals surface area (Å²) in [6.07, 6.45) is -0.170. The van der Waals surface area contributed by atoms with E-state index in [-0.39, 0.29) is 23.6 Å². The van der Waals surface area contributed by atoms with Gasteiger partial charge in [0.15, 0.2) is 0 Å². The Morgan fingerprint density at radius 1 is 1.22 bits per heavy atom. The van der Waals surface area contributed by atoms with E-state index in [4.69, 9.17) is 4.74 Å². The van der Waals surface area contributed by atoms with E-state index in [0.717, 1.165) is 16.0 Å². The maximum Gasteiger partial charge on any atom is 0.230 e. The summed E-state index contributed by atoms with van der Waals surface area (Å²) in [5.41, 5.74) is 2.20. The van der Waals surface area contributed by atoms with E-state index in [1.54, 1.807) is 19.2 Å². The second-order valence-electron chi connectivity index (χ2n) is 5.13. The van der Waals surface area contributed by atoms with Crippen LogP contribution >= 0.6 is 11.8 Å². The summed E-state index contributed by atoms with van der Waals surface area (Å²) in [5, 5.41) is 2.88. The van der Waals surface area contributed by atoms with Gasteiger partial charge in [-0.15, -0.1) is 11.8 Å². The van der Waals surface area contributed by atoms with Crippen molar-refractivity contribution in [3.63, 3.8) is 0 Å². The molecular formula is C18H20FNO2S. The van der Waals surface area contributed by atoms with Crippen molar-refractivity contribution >= 4 is 17.7 Å². The van der Waals surface area contributed by atoms with Crippen LogP contribution in [-0.2, 0) is 9.53 Å². The lowest BCUT2D eigenvalue weighted by Gasteiger charge is -2.18. The van der Waals surface area contributed by atoms with Gasteiger partial charge in [-0.05, 0) is 42.3 Å². The van der Waals surface area contributed by atoms with Gasteiger partial charge < -0.3 is 10.1 Å². The second kappa shape index (κ2) is 8.70. The Bertz CT molecular complexity index is 646. The predicted octanol–water partition coefficient (Wildman–Crippen LogP) is 3.73. The number of benzene rings is 2. The summed E-state index contributed by atoms with van der Waals surface area (Å²) in [7, 11) is 1.64. The zero-order chi connectivity index (χ0) is 16.7. The number of aryl methyl sites for hydroxylation is 1. The zero-order valence-electron chi connectivity index (χ0n) is 13.2. The number of amides is 1. The molecule has 2 aromatic carbocycles. The number of halogens is 1. The zero-order valence-corrected chi connectivity index (χ0v) is 14.0. The van der Waals surface area contributed by atoms with Crippen LogP contribution < -0.4 is 5.32 Å². The predicted molar refractivity (Wildman–Crippen MR) is 91.1 cm³/mol. The number of methoxy groups -OCH3 is 1. The first-order chi connectivity index (χ1) is 11.1. The molecule has 3 nitrogen and oxygen atoms in total. The minimum absolute atomic E-state index is 0.0741. The first-order valence-electron chi connectivity index (χ1n) is 7.33. The number of hydrogen-bond donors (Lipinski definition) is 1. The SMILES string of the molecule is COC(CNC(=O)CSc1ccc(F)cc1)c1ccccc1C. The van der Waals surface area contributed by atoms with Crippen LogP contribution in [0.25, 0.3) is 0 Å². The molecule has 0 fully saturated rings. The molecule has 0 heterocycles. The smallest absolute Gasteiger partial charge is 0.230 e. The average Bonchev–Trinajstić information content (AvgIpc) is 2.56. The molecule has 1 amide bonds. The van der Waals surface area contributed by atoms with Crippen molar-refractivity contribution < 1.29 is 13.9 Å². The second-order valence-corrected chi connectivity index (χ2v) is 6.18. The Morgan fingerprint density at radius 3 is 2.57 bits per heavy atom. The maximum absolute atomic E-state index is 12.8. The van der Waals surface area contributed by atoms with Gasteiger partial charge in [-0.3, -0.25) is 4.79 Å². The molecule has 1 unspecified atom stereocenters. The molecule has 0 aliphatic rings. The molecule has 0 aliphatic heterocycles. The van der Waals surface area contributed by atoms with E-state index in [1.165, 1.54) is 23.9 Å². The molecule has 0 aliphatic carbocycles. The molecule has 5 heteroatoms. The van der Waals surface area contributed by atoms with Crippen molar-refractivity contribution in [3.8, 4) is 0 Å². The van der Waals surface area contributed by atoms with Crippen LogP contribution in [0.1, 0.15) is 17.2 Å². The van der Waals surface area contributed by atoms with Crippen LogP contribution in [0.4, 0.5) is 4.39 Å². The van der Waals surface area contributed by atoms with Crippen LogP contribution in [-0.4, -0.2) is 25.3 Å². The van der Waals surface area contributed by atoms with Crippen LogP contribution in [0, 0.1) is 12.7 Å². The van der Waals surface area contributed by atoms with Gasteiger partial charge in [0, 0.05) is 18.6 Å². The number of nitrogens with one attached hydrogen (secondary N) is 1. The Kier molecular flexibility index (Phi) is 6.62. The molecule has 0 bridgehead atoms. The Hall–Kier alpha value is -1.85. The lowest BCUT2D eigenvalue weighted by Crippen LogP contribution is -2.30. The van der Waals surface area contributed by atoms with Gasteiger partial charge in [-0.2, -0.15) is 0 Å². The first kappa shape index (κ1) is 17.5. The van der Waals surface area contributed by atoms with Crippen molar-refractivity contribution in [1.82, 2.24) is 5.32 Å². The van der Waals surface area contributed by atoms with Gasteiger partial charge in [0.05, 0.1) is 11.9 Å². The van der Waals surface area contributed by atoms with Crippen LogP contribution in [0.15, 0.2) is 53.4 Å². The minimum atomic E-state index is -0.278. The number of rotatable bonds is 7. The van der Waals surface area contributed by atoms with E-state index >= 15 is 0 Å². The number of carbonyl (C=O) groups excluding carboxylic acids is 1. The number of hydrogen-bond acceptors (Lipinski definition) is 3. The van der Waals surface area contributed by atoms with Gasteiger partial charge in [0.2, 0.25) is 5.91 Å². The summed E-state index contributed by atoms with van der Waals surface area (Å²) in [6.45, 7) is 2.44. The summed E-state index contributed by atoms with van der Waals surface area (Å²) >= 11 is 1.38. The Balaban J connectivity index is 1.83. The molecule has 2 rings (SSSR count). The molecule has 122 valence electrons. The lowest BCUT2D eigenvalue weighted by atomic mass is 10.0. The molecule has 0 saturated heterocycles. The molecule has 0 radical (unpaired) electrons. The highest BCUT2D eigenvalue weighted by atomic mass is 32.2. The van der Waals surface area contributed by atoms with E-state index < -0.39 is 0 Å². The van der Waals surface area contributed by atoms with Gasteiger partial charge in [0.1, 0.15) is 5.82 Å². The number of thioether (sulfide) groups is 1. The quantitative estimate of drug-likeness (QED) is 0.785. The third kappa shape index (κ3) is 5.37. The van der Waals surface area contributed by atoms with E-state index in [2.05, 4.69) is 5.32 Å². The number of ether oxygens (including phenoxy) is 1. The molecule has 1 atom stereocenters. The first-order valence-corrected chi connectivity index (χ1v) is 8.32. The molecule has 23 heavy (non-hydrogen) atoms. The molecule has 0 saturated carbocycles. The summed E-state index contributed by atoms with van der Waals surface area (Å²) in [5.74, 6) is -0.0644. The fraction of sp³-hybridized carbons (Fsp3) is 0.278. The van der Waals surface area contributed by atoms with Crippen molar-refractivity contribution in [2.75, 3.05) is 19.4 Å². The van der Waals surface area contributed by atoms with Gasteiger partial charge in [-0.1, -0.05) is 24.3 Å². The van der Waals surface area contributed by atoms with Gasteiger partial charge in [-0.25, -0.2) is 4.39 Å². The highest BCUT2D eigenvalue weighted by Crippen LogP contribution is 2.20. The molecule has 1 N–H and O–H groups in total. The third-order valence-corrected chi connectivity index (χ3v) is 4.50. The third-order valence-electron chi connectivity index (χ3n) is 3.49. The molecular weight excluding hydrogens is 313 g/mol. The molecule has 0 spiro atoms. The van der Waals surface area contributed by atoms with Crippen LogP contribution in [0.5, 0.6) is 0 Å². The van der Waals surface area contributed by atoms with E-state index in [0.29, 0.717) is 6.54 Å². The monoisotopic (exact) mass is 333 g/mol. The fourth-order valence-corrected chi connectivity index (χ4v) is 2.93. The highest BCUT2D eigenvalue weighted by Gasteiger charge is 2.14. The summed E-state index contributed by atoms with van der Waals surface area (Å²) < 4.78 is 18.3. The van der Waals surface area contributed by atoms with Crippen molar-refractivity contribution in [3.05, 3.63) is 65.5 Å². The van der Waals surface area contributed by atoms with Crippen molar-refractivity contribution in [2.45, 2.75) is 17.9 Å². The topological polar surface area (TPSA) is 38.3 Å². The normalized spacial score (nSPS) is 12.0. The molecule has 0 aromatic heterocycles. The Labute approximate surface area is 140 Å².